The Morgan fingerprint density at radius 3 is 2.92 bits per heavy atom. The third-order valence-corrected chi connectivity index (χ3v) is 3.74. The first kappa shape index (κ1) is 21.9. The minimum atomic E-state index is 0. The van der Waals surface area contributed by atoms with Gasteiger partial charge >= 0.3 is 0 Å². The monoisotopic (exact) mass is 463 g/mol. The molecule has 1 aliphatic rings. The Hall–Kier alpha value is -1.13. The fourth-order valence-electron chi connectivity index (χ4n) is 2.51. The normalized spacial score (nSPS) is 17.8. The first-order valence-corrected chi connectivity index (χ1v) is 8.55. The summed E-state index contributed by atoms with van der Waals surface area (Å²) in [6.07, 6.45) is 2.16. The number of rotatable bonds is 7. The van der Waals surface area contributed by atoms with Crippen LogP contribution in [-0.4, -0.2) is 63.6 Å². The summed E-state index contributed by atoms with van der Waals surface area (Å²) in [5, 5.41) is 6.45. The third-order valence-electron chi connectivity index (χ3n) is 3.74. The molecule has 1 fully saturated rings. The summed E-state index contributed by atoms with van der Waals surface area (Å²) in [6, 6.07) is 4.15. The topological polar surface area (TPSA) is 71.0 Å². The van der Waals surface area contributed by atoms with E-state index in [1.807, 2.05) is 13.1 Å². The third kappa shape index (κ3) is 7.74. The van der Waals surface area contributed by atoms with Crippen LogP contribution in [0.25, 0.3) is 0 Å². The summed E-state index contributed by atoms with van der Waals surface area (Å²) in [5.74, 6) is 1.80. The van der Waals surface area contributed by atoms with Crippen molar-refractivity contribution < 1.29 is 9.47 Å². The molecular formula is C17H30IN5O2. The molecule has 0 saturated carbocycles. The van der Waals surface area contributed by atoms with Gasteiger partial charge in [-0.1, -0.05) is 6.07 Å². The van der Waals surface area contributed by atoms with Gasteiger partial charge < -0.3 is 25.0 Å². The van der Waals surface area contributed by atoms with E-state index in [-0.39, 0.29) is 30.1 Å². The summed E-state index contributed by atoms with van der Waals surface area (Å²) in [4.78, 5) is 11.4. The van der Waals surface area contributed by atoms with Gasteiger partial charge in [-0.3, -0.25) is 0 Å². The largest absolute Gasteiger partial charge is 0.383 e. The van der Waals surface area contributed by atoms with Crippen molar-refractivity contribution in [1.82, 2.24) is 15.6 Å². The molecule has 1 aromatic heterocycles. The number of aromatic nitrogens is 1. The van der Waals surface area contributed by atoms with Gasteiger partial charge in [-0.05, 0) is 25.5 Å². The quantitative estimate of drug-likeness (QED) is 0.277. The van der Waals surface area contributed by atoms with Crippen molar-refractivity contribution in [3.63, 3.8) is 0 Å². The molecule has 1 aliphatic heterocycles. The molecule has 1 saturated heterocycles. The average molecular weight is 463 g/mol. The number of methoxy groups -OCH3 is 1. The molecule has 0 bridgehead atoms. The van der Waals surface area contributed by atoms with Gasteiger partial charge in [0.15, 0.2) is 5.96 Å². The lowest BCUT2D eigenvalue weighted by Crippen LogP contribution is -2.41. The number of hydrogen-bond donors (Lipinski definition) is 2. The van der Waals surface area contributed by atoms with Crippen molar-refractivity contribution in [3.05, 3.63) is 23.9 Å². The van der Waals surface area contributed by atoms with Crippen molar-refractivity contribution in [1.29, 1.82) is 0 Å². The molecule has 0 radical (unpaired) electrons. The van der Waals surface area contributed by atoms with E-state index < -0.39 is 0 Å². The van der Waals surface area contributed by atoms with Gasteiger partial charge in [0.2, 0.25) is 0 Å². The van der Waals surface area contributed by atoms with E-state index >= 15 is 0 Å². The second-order valence-corrected chi connectivity index (χ2v) is 5.77. The molecule has 25 heavy (non-hydrogen) atoms. The molecule has 0 amide bonds. The van der Waals surface area contributed by atoms with Crippen LogP contribution in [0.1, 0.15) is 19.4 Å². The number of ether oxygens (including phenoxy) is 2. The molecule has 1 aromatic rings. The Morgan fingerprint density at radius 2 is 2.28 bits per heavy atom. The van der Waals surface area contributed by atoms with Crippen molar-refractivity contribution in [2.24, 2.45) is 4.99 Å². The van der Waals surface area contributed by atoms with Gasteiger partial charge in [0.05, 0.1) is 25.9 Å². The van der Waals surface area contributed by atoms with Crippen LogP contribution in [0.4, 0.5) is 5.82 Å². The maximum absolute atomic E-state index is 5.57. The van der Waals surface area contributed by atoms with Crippen LogP contribution in [0, 0.1) is 0 Å². The van der Waals surface area contributed by atoms with E-state index in [1.165, 1.54) is 0 Å². The molecule has 0 aromatic carbocycles. The molecule has 0 spiro atoms. The number of guanidine groups is 1. The number of halogens is 1. The Bertz CT molecular complexity index is 512. The van der Waals surface area contributed by atoms with Crippen molar-refractivity contribution in [3.8, 4) is 0 Å². The van der Waals surface area contributed by atoms with Crippen LogP contribution in [0.3, 0.4) is 0 Å². The second kappa shape index (κ2) is 12.3. The zero-order chi connectivity index (χ0) is 17.2. The molecule has 2 heterocycles. The van der Waals surface area contributed by atoms with E-state index in [2.05, 4.69) is 44.6 Å². The van der Waals surface area contributed by atoms with Crippen LogP contribution in [0.5, 0.6) is 0 Å². The van der Waals surface area contributed by atoms with Crippen LogP contribution in [0.15, 0.2) is 23.3 Å². The smallest absolute Gasteiger partial charge is 0.191 e. The standard InChI is InChI=1S/C17H29N5O2.HI/c1-4-18-17(19-7-9-23-3)21-12-15-5-6-16(20-11-15)22-8-10-24-14(2)13-22;/h5-6,11,14H,4,7-10,12-13H2,1-3H3,(H2,18,19,21);1H. The predicted molar refractivity (Wildman–Crippen MR) is 112 cm³/mol. The number of nitrogens with zero attached hydrogens (tertiary/aromatic N) is 3. The van der Waals surface area contributed by atoms with E-state index in [9.17, 15) is 0 Å². The van der Waals surface area contributed by atoms with Crippen LogP contribution in [0.2, 0.25) is 0 Å². The number of hydrogen-bond acceptors (Lipinski definition) is 5. The second-order valence-electron chi connectivity index (χ2n) is 5.77. The molecule has 8 heteroatoms. The number of aliphatic imine (C=N–C) groups is 1. The molecule has 1 unspecified atom stereocenters. The maximum Gasteiger partial charge on any atom is 0.191 e. The molecule has 142 valence electrons. The molecule has 1 atom stereocenters. The predicted octanol–water partition coefficient (Wildman–Crippen LogP) is 1.63. The van der Waals surface area contributed by atoms with Gasteiger partial charge in [0, 0.05) is 39.5 Å². The lowest BCUT2D eigenvalue weighted by molar-refractivity contribution is 0.0529. The average Bonchev–Trinajstić information content (AvgIpc) is 2.60. The van der Waals surface area contributed by atoms with Crippen molar-refractivity contribution in [2.45, 2.75) is 26.5 Å². The molecular weight excluding hydrogens is 433 g/mol. The van der Waals surface area contributed by atoms with Gasteiger partial charge in [-0.25, -0.2) is 9.98 Å². The molecule has 2 N–H and O–H groups in total. The number of pyridine rings is 1. The summed E-state index contributed by atoms with van der Waals surface area (Å²) < 4.78 is 10.6. The van der Waals surface area contributed by atoms with Gasteiger partial charge in [-0.2, -0.15) is 0 Å². The molecule has 0 aliphatic carbocycles. The highest BCUT2D eigenvalue weighted by Crippen LogP contribution is 2.15. The maximum atomic E-state index is 5.57. The van der Waals surface area contributed by atoms with Crippen LogP contribution >= 0.6 is 24.0 Å². The van der Waals surface area contributed by atoms with Crippen LogP contribution in [-0.2, 0) is 16.0 Å². The lowest BCUT2D eigenvalue weighted by atomic mass is 10.2. The number of morpholine rings is 1. The van der Waals surface area contributed by atoms with Crippen molar-refractivity contribution in [2.75, 3.05) is 51.4 Å². The molecule has 7 nitrogen and oxygen atoms in total. The van der Waals surface area contributed by atoms with Gasteiger partial charge in [-0.15, -0.1) is 24.0 Å². The Kier molecular flexibility index (Phi) is 10.7. The summed E-state index contributed by atoms with van der Waals surface area (Å²) >= 11 is 0. The first-order chi connectivity index (χ1) is 11.7. The number of anilines is 1. The van der Waals surface area contributed by atoms with Gasteiger partial charge in [0.1, 0.15) is 5.82 Å². The Morgan fingerprint density at radius 1 is 1.44 bits per heavy atom. The van der Waals surface area contributed by atoms with E-state index in [1.54, 1.807) is 7.11 Å². The summed E-state index contributed by atoms with van der Waals surface area (Å²) in [7, 11) is 1.69. The fourth-order valence-corrected chi connectivity index (χ4v) is 2.51. The van der Waals surface area contributed by atoms with E-state index in [0.717, 1.165) is 50.1 Å². The van der Waals surface area contributed by atoms with Crippen molar-refractivity contribution >= 4 is 35.8 Å². The Labute approximate surface area is 167 Å². The first-order valence-electron chi connectivity index (χ1n) is 8.55. The lowest BCUT2D eigenvalue weighted by Gasteiger charge is -2.32. The summed E-state index contributed by atoms with van der Waals surface area (Å²) in [6.45, 7) is 9.48. The number of nitrogens with one attached hydrogen (secondary N) is 2. The van der Waals surface area contributed by atoms with E-state index in [4.69, 9.17) is 9.47 Å². The van der Waals surface area contributed by atoms with Crippen LogP contribution < -0.4 is 15.5 Å². The Balaban J connectivity index is 0.00000312. The zero-order valence-corrected chi connectivity index (χ0v) is 17.7. The zero-order valence-electron chi connectivity index (χ0n) is 15.3. The molecule has 2 rings (SSSR count). The fraction of sp³-hybridized carbons (Fsp3) is 0.647. The highest BCUT2D eigenvalue weighted by atomic mass is 127. The SMILES string of the molecule is CCNC(=NCc1ccc(N2CCOC(C)C2)nc1)NCCOC.I. The highest BCUT2D eigenvalue weighted by Gasteiger charge is 2.17. The van der Waals surface area contributed by atoms with Gasteiger partial charge in [0.25, 0.3) is 0 Å². The minimum absolute atomic E-state index is 0. The highest BCUT2D eigenvalue weighted by molar-refractivity contribution is 14.0. The minimum Gasteiger partial charge on any atom is -0.383 e. The van der Waals surface area contributed by atoms with E-state index in [0.29, 0.717) is 13.2 Å². The summed E-state index contributed by atoms with van der Waals surface area (Å²) in [5.41, 5.74) is 1.09.